The minimum atomic E-state index is -4.18. The minimum absolute atomic E-state index is 0.0100. The molecule has 9 nitrogen and oxygen atoms in total. The van der Waals surface area contributed by atoms with Crippen molar-refractivity contribution in [1.82, 2.24) is 14.5 Å². The Hall–Kier alpha value is -2.53. The number of sulfonamides is 1. The normalized spacial score (nSPS) is 11.7. The molecule has 1 aromatic carbocycles. The smallest absolute Gasteiger partial charge is 0.339 e. The van der Waals surface area contributed by atoms with Gasteiger partial charge in [-0.15, -0.1) is 17.0 Å². The van der Waals surface area contributed by atoms with Crippen LogP contribution in [0, 0.1) is 0 Å². The summed E-state index contributed by atoms with van der Waals surface area (Å²) in [5.41, 5.74) is 6.15. The van der Waals surface area contributed by atoms with E-state index in [0.717, 1.165) is 12.4 Å². The Bertz CT molecular complexity index is 980. The van der Waals surface area contributed by atoms with Gasteiger partial charge in [0.25, 0.3) is 10.0 Å². The molecular weight excluding hydrogens is 378 g/mol. The van der Waals surface area contributed by atoms with Crippen LogP contribution in [-0.2, 0) is 21.8 Å². The van der Waals surface area contributed by atoms with E-state index < -0.39 is 16.0 Å². The van der Waals surface area contributed by atoms with E-state index >= 15 is 0 Å². The predicted molar refractivity (Wildman–Crippen MR) is 101 cm³/mol. The number of aromatic nitrogens is 2. The fourth-order valence-corrected chi connectivity index (χ4v) is 3.61. The Morgan fingerprint density at radius 1 is 1.46 bits per heavy atom. The second kappa shape index (κ2) is 7.38. The van der Waals surface area contributed by atoms with Crippen LogP contribution in [0.5, 0.6) is 0 Å². The van der Waals surface area contributed by atoms with Gasteiger partial charge in [0.15, 0.2) is 0 Å². The van der Waals surface area contributed by atoms with Crippen LogP contribution in [0.3, 0.4) is 0 Å². The average molecular weight is 397 g/mol. The molecule has 0 amide bonds. The zero-order valence-electron chi connectivity index (χ0n) is 14.7. The van der Waals surface area contributed by atoms with E-state index in [4.69, 9.17) is 5.73 Å². The first-order valence-electron chi connectivity index (χ1n) is 7.28. The maximum absolute atomic E-state index is 12.8. The first kappa shape index (κ1) is 19.8. The number of esters is 1. The number of ether oxygens (including phenoxy) is 1. The lowest BCUT2D eigenvalue weighted by Gasteiger charge is -2.16. The first-order valence-corrected chi connectivity index (χ1v) is 9.17. The molecule has 0 aliphatic heterocycles. The average Bonchev–Trinajstić information content (AvgIpc) is 3.00. The molecule has 2 rings (SSSR count). The summed E-state index contributed by atoms with van der Waals surface area (Å²) in [5.74, 6) is -0.464. The van der Waals surface area contributed by atoms with Crippen LogP contribution in [0.25, 0.3) is 11.4 Å². The molecule has 0 bridgehead atoms. The summed E-state index contributed by atoms with van der Waals surface area (Å²) in [4.78, 5) is 17.5. The van der Waals surface area contributed by atoms with Gasteiger partial charge in [-0.3, -0.25) is 0 Å². The van der Waals surface area contributed by atoms with E-state index in [0.29, 0.717) is 5.82 Å². The number of imidazole rings is 1. The van der Waals surface area contributed by atoms with Crippen LogP contribution in [0.2, 0.25) is 0 Å². The third-order valence-electron chi connectivity index (χ3n) is 3.45. The third-order valence-corrected chi connectivity index (χ3v) is 5.18. The number of benzene rings is 1. The molecule has 0 aliphatic carbocycles. The van der Waals surface area contributed by atoms with Gasteiger partial charge in [0.2, 0.25) is 0 Å². The van der Waals surface area contributed by atoms with Crippen molar-refractivity contribution in [3.63, 3.8) is 0 Å². The summed E-state index contributed by atoms with van der Waals surface area (Å²) in [7, 11) is 1.94. The van der Waals surface area contributed by atoms with Gasteiger partial charge in [-0.05, 0) is 6.07 Å². The number of carbonyl (C=O) groups is 1. The molecule has 0 aliphatic rings. The molecule has 0 saturated carbocycles. The van der Waals surface area contributed by atoms with Crippen LogP contribution >= 0.6 is 12.6 Å². The highest BCUT2D eigenvalue weighted by molar-refractivity contribution is 7.90. The summed E-state index contributed by atoms with van der Waals surface area (Å²) < 4.78 is 35.5. The third kappa shape index (κ3) is 3.68. The quantitative estimate of drug-likeness (QED) is 0.254. The van der Waals surface area contributed by atoms with E-state index in [1.165, 1.54) is 18.2 Å². The molecular formula is C15H19N5O4S2. The highest BCUT2D eigenvalue weighted by Gasteiger charge is 2.28. The molecule has 0 fully saturated rings. The molecule has 1 aromatic heterocycles. The predicted octanol–water partition coefficient (Wildman–Crippen LogP) is 1.02. The van der Waals surface area contributed by atoms with Gasteiger partial charge >= 0.3 is 5.97 Å². The topological polar surface area (TPSA) is 120 Å². The maximum atomic E-state index is 12.8. The van der Waals surface area contributed by atoms with Crippen LogP contribution in [-0.4, -0.2) is 56.4 Å². The van der Waals surface area contributed by atoms with Gasteiger partial charge in [-0.2, -0.15) is 8.42 Å². The number of nitrogens with two attached hydrogens (primary N) is 1. The van der Waals surface area contributed by atoms with Gasteiger partial charge < -0.3 is 19.9 Å². The fourth-order valence-electron chi connectivity index (χ4n) is 2.19. The van der Waals surface area contributed by atoms with Crippen molar-refractivity contribution in [3.05, 3.63) is 24.0 Å². The SMILES string of the molecule is COC(=O)c1cc(S(=O)(=O)N=CN(C)C)c(-c2nccn2C)c(N)c1S. The number of aryl methyl sites for hydroxylation is 1. The van der Waals surface area contributed by atoms with Crippen LogP contribution in [0.15, 0.2) is 32.6 Å². The maximum Gasteiger partial charge on any atom is 0.339 e. The van der Waals surface area contributed by atoms with Crippen molar-refractivity contribution in [2.24, 2.45) is 11.4 Å². The molecule has 2 N–H and O–H groups in total. The van der Waals surface area contributed by atoms with Crippen molar-refractivity contribution in [3.8, 4) is 11.4 Å². The van der Waals surface area contributed by atoms with Crippen LogP contribution in [0.4, 0.5) is 5.69 Å². The Kier molecular flexibility index (Phi) is 5.62. The number of rotatable bonds is 5. The van der Waals surface area contributed by atoms with E-state index in [1.54, 1.807) is 31.9 Å². The lowest BCUT2D eigenvalue weighted by molar-refractivity contribution is 0.0596. The van der Waals surface area contributed by atoms with Crippen molar-refractivity contribution in [1.29, 1.82) is 0 Å². The van der Waals surface area contributed by atoms with Crippen molar-refractivity contribution < 1.29 is 17.9 Å². The lowest BCUT2D eigenvalue weighted by Crippen LogP contribution is -2.14. The zero-order valence-corrected chi connectivity index (χ0v) is 16.4. The highest BCUT2D eigenvalue weighted by atomic mass is 32.2. The summed E-state index contributed by atoms with van der Waals surface area (Å²) >= 11 is 4.26. The van der Waals surface area contributed by atoms with Crippen molar-refractivity contribution >= 4 is 40.6 Å². The molecule has 0 radical (unpaired) electrons. The highest BCUT2D eigenvalue weighted by Crippen LogP contribution is 2.38. The zero-order chi connectivity index (χ0) is 19.6. The summed E-state index contributed by atoms with van der Waals surface area (Å²) in [5, 5.41) is 0. The van der Waals surface area contributed by atoms with E-state index in [-0.39, 0.29) is 26.6 Å². The number of nitrogens with zero attached hydrogens (tertiary/aromatic N) is 4. The number of nitrogen functional groups attached to an aromatic ring is 1. The lowest BCUT2D eigenvalue weighted by atomic mass is 10.1. The second-order valence-corrected chi connectivity index (χ2v) is 7.62. The Morgan fingerprint density at radius 3 is 2.62 bits per heavy atom. The standard InChI is InChI=1S/C15H19N5O4S2/c1-19(2)8-18-26(22,23)10-7-9(15(21)24-4)13(25)12(16)11(10)14-17-5-6-20(14)3/h5-8,25H,16H2,1-4H3. The number of thiol groups is 1. The van der Waals surface area contributed by atoms with Gasteiger partial charge in [0.1, 0.15) is 17.1 Å². The van der Waals surface area contributed by atoms with Crippen LogP contribution < -0.4 is 5.73 Å². The Labute approximate surface area is 157 Å². The molecule has 0 unspecified atom stereocenters. The Balaban J connectivity index is 2.89. The number of hydrogen-bond donors (Lipinski definition) is 2. The van der Waals surface area contributed by atoms with Crippen LogP contribution in [0.1, 0.15) is 10.4 Å². The molecule has 0 saturated heterocycles. The van der Waals surface area contributed by atoms with Gasteiger partial charge in [-0.25, -0.2) is 9.78 Å². The van der Waals surface area contributed by atoms with E-state index in [2.05, 4.69) is 26.7 Å². The summed E-state index contributed by atoms with van der Waals surface area (Å²) in [6, 6.07) is 1.15. The Morgan fingerprint density at radius 2 is 2.12 bits per heavy atom. The first-order chi connectivity index (χ1) is 12.1. The molecule has 0 spiro atoms. The van der Waals surface area contributed by atoms with Crippen molar-refractivity contribution in [2.75, 3.05) is 26.9 Å². The number of carbonyl (C=O) groups excluding carboxylic acids is 1. The van der Waals surface area contributed by atoms with Gasteiger partial charge in [0.05, 0.1) is 23.9 Å². The molecule has 26 heavy (non-hydrogen) atoms. The summed E-state index contributed by atoms with van der Waals surface area (Å²) in [6.45, 7) is 0. The number of hydrogen-bond acceptors (Lipinski definition) is 7. The van der Waals surface area contributed by atoms with Gasteiger partial charge in [0, 0.05) is 38.4 Å². The van der Waals surface area contributed by atoms with E-state index in [9.17, 15) is 13.2 Å². The molecule has 11 heteroatoms. The van der Waals surface area contributed by atoms with Gasteiger partial charge in [-0.1, -0.05) is 0 Å². The molecule has 140 valence electrons. The van der Waals surface area contributed by atoms with E-state index in [1.807, 2.05) is 0 Å². The minimum Gasteiger partial charge on any atom is -0.465 e. The van der Waals surface area contributed by atoms with Crippen molar-refractivity contribution in [2.45, 2.75) is 9.79 Å². The second-order valence-electron chi connectivity index (χ2n) is 5.57. The molecule has 2 aromatic rings. The molecule has 0 atom stereocenters. The number of anilines is 1. The largest absolute Gasteiger partial charge is 0.465 e. The monoisotopic (exact) mass is 397 g/mol. The summed E-state index contributed by atoms with van der Waals surface area (Å²) in [6.07, 6.45) is 4.28. The molecule has 1 heterocycles. The number of methoxy groups -OCH3 is 1. The fraction of sp³-hybridized carbons (Fsp3) is 0.267.